The first-order chi connectivity index (χ1) is 22.8. The molecule has 0 unspecified atom stereocenters. The lowest BCUT2D eigenvalue weighted by Gasteiger charge is -2.38. The standard InChI is InChI=1S/C34H49F4N5O3S2/c1-48(45,46)42-16-12-31-29(23-42)33(26-7-8-30(34(36,37)38)32(19-26)47-18-17-41-15-11-27(35)20-41)39-43(31)22-28(44)21-40-13-9-25(10-14-40)24-5-3-2-4-6-24/h7-8,19,24-25,27-28,44H,2-6,9-18,20-23H2,1H3/t27-,28-/m0/s1. The fraction of sp³-hybridized carbons (Fsp3) is 0.735. The Hall–Kier alpha value is -1.71. The Morgan fingerprint density at radius 3 is 2.35 bits per heavy atom. The highest BCUT2D eigenvalue weighted by Crippen LogP contribution is 2.41. The molecule has 1 N–H and O–H groups in total. The fourth-order valence-electron chi connectivity index (χ4n) is 8.20. The van der Waals surface area contributed by atoms with Crippen LogP contribution in [0.4, 0.5) is 17.6 Å². The molecule has 1 aliphatic carbocycles. The van der Waals surface area contributed by atoms with E-state index in [0.717, 1.165) is 67.5 Å². The van der Waals surface area contributed by atoms with E-state index >= 15 is 0 Å². The third-order valence-electron chi connectivity index (χ3n) is 10.8. The predicted octanol–water partition coefficient (Wildman–Crippen LogP) is 5.68. The van der Waals surface area contributed by atoms with E-state index in [1.54, 1.807) is 4.68 Å². The summed E-state index contributed by atoms with van der Waals surface area (Å²) in [6.07, 6.45) is 4.87. The monoisotopic (exact) mass is 715 g/mol. The summed E-state index contributed by atoms with van der Waals surface area (Å²) in [6, 6.07) is 3.97. The normalized spacial score (nSPS) is 23.5. The summed E-state index contributed by atoms with van der Waals surface area (Å²) in [7, 11) is -3.52. The van der Waals surface area contributed by atoms with Crippen molar-refractivity contribution in [3.8, 4) is 11.3 Å². The molecule has 0 radical (unpaired) electrons. The minimum atomic E-state index is -4.56. The van der Waals surface area contributed by atoms with Gasteiger partial charge in [0.2, 0.25) is 10.0 Å². The fourth-order valence-corrected chi connectivity index (χ4v) is 10.1. The van der Waals surface area contributed by atoms with E-state index in [0.29, 0.717) is 61.6 Å². The molecule has 2 aromatic rings. The Kier molecular flexibility index (Phi) is 11.5. The number of rotatable bonds is 11. The number of aromatic nitrogens is 2. The second-order valence-corrected chi connectivity index (χ2v) is 17.4. The number of sulfonamides is 1. The van der Waals surface area contributed by atoms with Crippen LogP contribution >= 0.6 is 11.8 Å². The summed E-state index contributed by atoms with van der Waals surface area (Å²) >= 11 is 1.09. The van der Waals surface area contributed by atoms with E-state index in [1.165, 1.54) is 48.5 Å². The topological polar surface area (TPSA) is 81.9 Å². The molecule has 8 nitrogen and oxygen atoms in total. The number of halogens is 4. The average Bonchev–Trinajstić information content (AvgIpc) is 3.63. The van der Waals surface area contributed by atoms with Crippen molar-refractivity contribution in [2.24, 2.45) is 11.8 Å². The van der Waals surface area contributed by atoms with Crippen LogP contribution in [0.5, 0.6) is 0 Å². The van der Waals surface area contributed by atoms with E-state index in [-0.39, 0.29) is 24.5 Å². The molecule has 48 heavy (non-hydrogen) atoms. The van der Waals surface area contributed by atoms with Crippen molar-refractivity contribution >= 4 is 21.8 Å². The summed E-state index contributed by atoms with van der Waals surface area (Å²) in [5, 5.41) is 16.1. The summed E-state index contributed by atoms with van der Waals surface area (Å²) in [6.45, 7) is 4.37. The van der Waals surface area contributed by atoms with Crippen molar-refractivity contribution in [3.05, 3.63) is 35.0 Å². The van der Waals surface area contributed by atoms with Gasteiger partial charge < -0.3 is 10.0 Å². The SMILES string of the molecule is CS(=O)(=O)N1CCc2c(c(-c3ccc(C(F)(F)F)c(SCCN4CC[C@H](F)C4)c3)nn2C[C@@H](O)CN2CCC(C3CCCCC3)CC2)C1. The van der Waals surface area contributed by atoms with Gasteiger partial charge in [-0.2, -0.15) is 22.6 Å². The van der Waals surface area contributed by atoms with Crippen LogP contribution in [0.15, 0.2) is 23.1 Å². The van der Waals surface area contributed by atoms with Gasteiger partial charge in [-0.05, 0) is 56.3 Å². The second kappa shape index (κ2) is 15.3. The summed E-state index contributed by atoms with van der Waals surface area (Å²) in [5.41, 5.74) is 1.64. The average molecular weight is 716 g/mol. The number of benzene rings is 1. The highest BCUT2D eigenvalue weighted by atomic mass is 32.2. The largest absolute Gasteiger partial charge is 0.417 e. The lowest BCUT2D eigenvalue weighted by atomic mass is 9.76. The van der Waals surface area contributed by atoms with Crippen molar-refractivity contribution < 1.29 is 31.1 Å². The summed E-state index contributed by atoms with van der Waals surface area (Å²) < 4.78 is 84.0. The number of aliphatic hydroxyl groups is 1. The minimum Gasteiger partial charge on any atom is -0.390 e. The van der Waals surface area contributed by atoms with Crippen LogP contribution in [0.3, 0.4) is 0 Å². The molecule has 4 heterocycles. The number of aliphatic hydroxyl groups excluding tert-OH is 1. The van der Waals surface area contributed by atoms with Gasteiger partial charge in [0, 0.05) is 73.2 Å². The quantitative estimate of drug-likeness (QED) is 0.237. The van der Waals surface area contributed by atoms with E-state index in [1.807, 2.05) is 4.90 Å². The molecule has 2 saturated heterocycles. The molecule has 4 aliphatic rings. The molecular weight excluding hydrogens is 667 g/mol. The van der Waals surface area contributed by atoms with Gasteiger partial charge in [-0.3, -0.25) is 9.58 Å². The Labute approximate surface area is 286 Å². The van der Waals surface area contributed by atoms with Crippen LogP contribution in [0.1, 0.15) is 68.2 Å². The Bertz CT molecular complexity index is 1510. The van der Waals surface area contributed by atoms with Gasteiger partial charge in [0.05, 0.1) is 30.2 Å². The molecule has 0 amide bonds. The number of piperidine rings is 1. The molecule has 3 aliphatic heterocycles. The maximum absolute atomic E-state index is 14.1. The number of hydrogen-bond acceptors (Lipinski definition) is 7. The molecular formula is C34H49F4N5O3S2. The summed E-state index contributed by atoms with van der Waals surface area (Å²) in [5.74, 6) is 1.98. The first-order valence-electron chi connectivity index (χ1n) is 17.5. The molecule has 2 atom stereocenters. The number of β-amino-alcohol motifs (C(OH)–C–C–N with tert-alkyl or cyclic N) is 1. The van der Waals surface area contributed by atoms with E-state index in [9.17, 15) is 31.1 Å². The molecule has 3 fully saturated rings. The zero-order chi connectivity index (χ0) is 34.1. The maximum Gasteiger partial charge on any atom is 0.417 e. The Balaban J connectivity index is 1.20. The molecule has 268 valence electrons. The number of hydrogen-bond donors (Lipinski definition) is 1. The van der Waals surface area contributed by atoms with Crippen LogP contribution in [0, 0.1) is 11.8 Å². The van der Waals surface area contributed by atoms with Crippen molar-refractivity contribution in [2.45, 2.75) is 94.2 Å². The number of alkyl halides is 4. The molecule has 1 aromatic heterocycles. The minimum absolute atomic E-state index is 0.0618. The number of thioether (sulfide) groups is 1. The predicted molar refractivity (Wildman–Crippen MR) is 180 cm³/mol. The van der Waals surface area contributed by atoms with Crippen LogP contribution in [-0.2, 0) is 35.7 Å². The van der Waals surface area contributed by atoms with Crippen LogP contribution < -0.4 is 0 Å². The van der Waals surface area contributed by atoms with Crippen molar-refractivity contribution in [3.63, 3.8) is 0 Å². The highest BCUT2D eigenvalue weighted by Gasteiger charge is 2.36. The van der Waals surface area contributed by atoms with E-state index in [4.69, 9.17) is 5.10 Å². The summed E-state index contributed by atoms with van der Waals surface area (Å²) in [4.78, 5) is 4.31. The van der Waals surface area contributed by atoms with Crippen molar-refractivity contribution in [2.75, 3.05) is 57.8 Å². The molecule has 1 aromatic carbocycles. The third-order valence-corrected chi connectivity index (χ3v) is 13.1. The molecule has 0 spiro atoms. The number of nitrogens with zero attached hydrogens (tertiary/aromatic N) is 5. The smallest absolute Gasteiger partial charge is 0.390 e. The molecule has 14 heteroatoms. The molecule has 1 saturated carbocycles. The lowest BCUT2D eigenvalue weighted by Crippen LogP contribution is -2.42. The van der Waals surface area contributed by atoms with Gasteiger partial charge in [-0.25, -0.2) is 12.8 Å². The van der Waals surface area contributed by atoms with Crippen LogP contribution in [-0.4, -0.2) is 108 Å². The van der Waals surface area contributed by atoms with Gasteiger partial charge in [0.25, 0.3) is 0 Å². The van der Waals surface area contributed by atoms with Crippen molar-refractivity contribution in [1.29, 1.82) is 0 Å². The van der Waals surface area contributed by atoms with Gasteiger partial charge >= 0.3 is 6.18 Å². The maximum atomic E-state index is 14.1. The number of likely N-dealkylation sites (tertiary alicyclic amines) is 2. The van der Waals surface area contributed by atoms with Gasteiger partial charge in [0.1, 0.15) is 6.17 Å². The Morgan fingerprint density at radius 1 is 0.979 bits per heavy atom. The van der Waals surface area contributed by atoms with Gasteiger partial charge in [-0.1, -0.05) is 38.2 Å². The Morgan fingerprint density at radius 2 is 1.69 bits per heavy atom. The highest BCUT2D eigenvalue weighted by molar-refractivity contribution is 7.99. The second-order valence-electron chi connectivity index (χ2n) is 14.2. The first kappa shape index (κ1) is 36.1. The van der Waals surface area contributed by atoms with Crippen LogP contribution in [0.2, 0.25) is 0 Å². The lowest BCUT2D eigenvalue weighted by molar-refractivity contribution is -0.139. The molecule has 0 bridgehead atoms. The van der Waals surface area contributed by atoms with E-state index < -0.39 is 34.0 Å². The third kappa shape index (κ3) is 8.77. The van der Waals surface area contributed by atoms with Gasteiger partial charge in [-0.15, -0.1) is 11.8 Å². The van der Waals surface area contributed by atoms with Gasteiger partial charge in [0.15, 0.2) is 0 Å². The molecule has 6 rings (SSSR count). The van der Waals surface area contributed by atoms with E-state index in [2.05, 4.69) is 4.90 Å². The van der Waals surface area contributed by atoms with Crippen molar-refractivity contribution in [1.82, 2.24) is 23.9 Å². The van der Waals surface area contributed by atoms with Crippen LogP contribution in [0.25, 0.3) is 11.3 Å². The zero-order valence-electron chi connectivity index (χ0n) is 27.8. The number of fused-ring (bicyclic) bond motifs is 1. The first-order valence-corrected chi connectivity index (χ1v) is 20.3. The zero-order valence-corrected chi connectivity index (χ0v) is 29.4.